The van der Waals surface area contributed by atoms with Gasteiger partial charge in [-0.3, -0.25) is 13.9 Å². The lowest BCUT2D eigenvalue weighted by molar-refractivity contribution is -0.140. The zero-order valence-electron chi connectivity index (χ0n) is 24.3. The fraction of sp³-hybridized carbons (Fsp3) is 0.355. The largest absolute Gasteiger partial charge is 0.486 e. The number of nitrogens with zero attached hydrogens (tertiary/aromatic N) is 2. The van der Waals surface area contributed by atoms with Crippen LogP contribution in [0.2, 0.25) is 10.0 Å². The molecule has 9 nitrogen and oxygen atoms in total. The number of anilines is 1. The monoisotopic (exact) mass is 647 g/mol. The van der Waals surface area contributed by atoms with Gasteiger partial charge in [-0.05, 0) is 61.7 Å². The molecule has 230 valence electrons. The van der Waals surface area contributed by atoms with Crippen LogP contribution in [0.25, 0.3) is 0 Å². The first-order valence-corrected chi connectivity index (χ1v) is 16.3. The van der Waals surface area contributed by atoms with Crippen LogP contribution >= 0.6 is 23.2 Å². The van der Waals surface area contributed by atoms with Gasteiger partial charge in [-0.2, -0.15) is 0 Å². The fourth-order valence-corrected chi connectivity index (χ4v) is 6.52. The number of benzene rings is 3. The summed E-state index contributed by atoms with van der Waals surface area (Å²) in [6.45, 7) is 5.67. The molecule has 1 aliphatic rings. The summed E-state index contributed by atoms with van der Waals surface area (Å²) in [4.78, 5) is 29.1. The number of hydrogen-bond acceptors (Lipinski definition) is 6. The van der Waals surface area contributed by atoms with E-state index >= 15 is 0 Å². The first-order chi connectivity index (χ1) is 20.5. The Balaban J connectivity index is 1.77. The van der Waals surface area contributed by atoms with Crippen molar-refractivity contribution in [3.8, 4) is 11.5 Å². The van der Waals surface area contributed by atoms with Gasteiger partial charge in [0, 0.05) is 28.7 Å². The summed E-state index contributed by atoms with van der Waals surface area (Å²) in [5, 5.41) is 3.70. The number of rotatable bonds is 12. The number of carbonyl (C=O) groups excluding carboxylic acids is 2. The predicted molar refractivity (Wildman–Crippen MR) is 167 cm³/mol. The maximum Gasteiger partial charge on any atom is 0.264 e. The molecule has 0 aliphatic carbocycles. The molecule has 12 heteroatoms. The molecule has 0 bridgehead atoms. The van der Waals surface area contributed by atoms with Gasteiger partial charge in [-0.1, -0.05) is 61.3 Å². The predicted octanol–water partition coefficient (Wildman–Crippen LogP) is 5.68. The molecule has 0 saturated heterocycles. The summed E-state index contributed by atoms with van der Waals surface area (Å²) in [5.74, 6) is -0.0857. The van der Waals surface area contributed by atoms with Gasteiger partial charge in [-0.25, -0.2) is 8.42 Å². The van der Waals surface area contributed by atoms with Gasteiger partial charge in [-0.15, -0.1) is 0 Å². The van der Waals surface area contributed by atoms with E-state index in [0.29, 0.717) is 46.7 Å². The van der Waals surface area contributed by atoms with E-state index in [1.165, 1.54) is 23.1 Å². The third-order valence-electron chi connectivity index (χ3n) is 7.17. The Morgan fingerprint density at radius 2 is 1.63 bits per heavy atom. The standard InChI is InChI=1S/C31H35Cl2N3O6S/c1-4-21(3)34-31(38)27(5-2)35(19-22-11-12-23(32)17-26(22)33)30(37)20-36(43(39,40)25-9-7-6-8-10-25)24-13-14-28-29(18-24)42-16-15-41-28/h6-14,17-18,21,27H,4-5,15-16,19-20H2,1-3H3,(H,34,38)/t21-,27-/m0/s1. The van der Waals surface area contributed by atoms with Crippen molar-refractivity contribution in [1.82, 2.24) is 10.2 Å². The molecule has 0 spiro atoms. The molecule has 0 aromatic heterocycles. The van der Waals surface area contributed by atoms with E-state index in [0.717, 1.165) is 4.31 Å². The summed E-state index contributed by atoms with van der Waals surface area (Å²) in [5.41, 5.74) is 0.772. The Hall–Kier alpha value is -3.47. The van der Waals surface area contributed by atoms with Crippen LogP contribution in [0.15, 0.2) is 71.6 Å². The summed E-state index contributed by atoms with van der Waals surface area (Å²) >= 11 is 12.6. The first-order valence-electron chi connectivity index (χ1n) is 14.1. The van der Waals surface area contributed by atoms with Crippen molar-refractivity contribution in [2.24, 2.45) is 0 Å². The lowest BCUT2D eigenvalue weighted by Crippen LogP contribution is -2.53. The van der Waals surface area contributed by atoms with Crippen molar-refractivity contribution in [3.05, 3.63) is 82.3 Å². The van der Waals surface area contributed by atoms with Gasteiger partial charge in [0.15, 0.2) is 11.5 Å². The van der Waals surface area contributed by atoms with E-state index in [1.54, 1.807) is 55.5 Å². The molecule has 1 N–H and O–H groups in total. The normalized spacial score (nSPS) is 14.0. The van der Waals surface area contributed by atoms with E-state index in [9.17, 15) is 18.0 Å². The molecule has 4 rings (SSSR count). The minimum atomic E-state index is -4.23. The van der Waals surface area contributed by atoms with Crippen molar-refractivity contribution in [3.63, 3.8) is 0 Å². The van der Waals surface area contributed by atoms with Gasteiger partial charge >= 0.3 is 0 Å². The third kappa shape index (κ3) is 7.74. The molecule has 3 aromatic rings. The first kappa shape index (κ1) is 32.4. The zero-order chi connectivity index (χ0) is 31.1. The number of hydrogen-bond donors (Lipinski definition) is 1. The molecule has 2 amide bonds. The second kappa shape index (κ2) is 14.3. The molecule has 0 saturated carbocycles. The Kier molecular flexibility index (Phi) is 10.8. The molecular formula is C31H35Cl2N3O6S. The van der Waals surface area contributed by atoms with Gasteiger partial charge in [0.25, 0.3) is 10.0 Å². The lowest BCUT2D eigenvalue weighted by atomic mass is 10.1. The maximum atomic E-state index is 14.3. The van der Waals surface area contributed by atoms with Crippen molar-refractivity contribution in [2.45, 2.75) is 57.1 Å². The molecule has 1 heterocycles. The van der Waals surface area contributed by atoms with Crippen LogP contribution in [0, 0.1) is 0 Å². The minimum Gasteiger partial charge on any atom is -0.486 e. The number of sulfonamides is 1. The second-order valence-corrected chi connectivity index (χ2v) is 12.9. The number of amides is 2. The second-order valence-electron chi connectivity index (χ2n) is 10.2. The van der Waals surface area contributed by atoms with Gasteiger partial charge in [0.2, 0.25) is 11.8 Å². The molecule has 3 aromatic carbocycles. The lowest BCUT2D eigenvalue weighted by Gasteiger charge is -2.34. The highest BCUT2D eigenvalue weighted by Gasteiger charge is 2.34. The Morgan fingerprint density at radius 1 is 0.930 bits per heavy atom. The zero-order valence-corrected chi connectivity index (χ0v) is 26.6. The van der Waals surface area contributed by atoms with Crippen molar-refractivity contribution < 1.29 is 27.5 Å². The number of halogens is 2. The number of ether oxygens (including phenoxy) is 2. The van der Waals surface area contributed by atoms with Crippen LogP contribution < -0.4 is 19.1 Å². The summed E-state index contributed by atoms with van der Waals surface area (Å²) in [6, 6.07) is 16.4. The SMILES string of the molecule is CC[C@H](C)NC(=O)[C@H](CC)N(Cc1ccc(Cl)cc1Cl)C(=O)CN(c1ccc2c(c1)OCCO2)S(=O)(=O)c1ccccc1. The molecule has 43 heavy (non-hydrogen) atoms. The van der Waals surface area contributed by atoms with Crippen LogP contribution in [0.5, 0.6) is 11.5 Å². The molecular weight excluding hydrogens is 613 g/mol. The highest BCUT2D eigenvalue weighted by atomic mass is 35.5. The number of carbonyl (C=O) groups is 2. The van der Waals surface area contributed by atoms with E-state index in [4.69, 9.17) is 32.7 Å². The van der Waals surface area contributed by atoms with Crippen LogP contribution in [0.3, 0.4) is 0 Å². The molecule has 0 fully saturated rings. The van der Waals surface area contributed by atoms with Gasteiger partial charge < -0.3 is 19.7 Å². The fourth-order valence-electron chi connectivity index (χ4n) is 4.63. The van der Waals surface area contributed by atoms with Crippen LogP contribution in [0.1, 0.15) is 39.2 Å². The highest BCUT2D eigenvalue weighted by Crippen LogP contribution is 2.36. The van der Waals surface area contributed by atoms with E-state index < -0.39 is 28.5 Å². The summed E-state index contributed by atoms with van der Waals surface area (Å²) in [7, 11) is -4.23. The van der Waals surface area contributed by atoms with Crippen molar-refractivity contribution in [2.75, 3.05) is 24.1 Å². The average Bonchev–Trinajstić information content (AvgIpc) is 3.00. The van der Waals surface area contributed by atoms with Crippen molar-refractivity contribution in [1.29, 1.82) is 0 Å². The molecule has 2 atom stereocenters. The summed E-state index contributed by atoms with van der Waals surface area (Å²) in [6.07, 6.45) is 0.987. The Bertz CT molecular complexity index is 1550. The molecule has 0 radical (unpaired) electrons. The van der Waals surface area contributed by atoms with Gasteiger partial charge in [0.1, 0.15) is 25.8 Å². The average molecular weight is 649 g/mol. The molecule has 1 aliphatic heterocycles. The minimum absolute atomic E-state index is 0.00606. The van der Waals surface area contributed by atoms with Gasteiger partial charge in [0.05, 0.1) is 10.6 Å². The van der Waals surface area contributed by atoms with E-state index in [-0.39, 0.29) is 35.5 Å². The van der Waals surface area contributed by atoms with E-state index in [1.807, 2.05) is 13.8 Å². The number of fused-ring (bicyclic) bond motifs is 1. The molecule has 0 unspecified atom stereocenters. The quantitative estimate of drug-likeness (QED) is 0.271. The number of nitrogens with one attached hydrogen (secondary N) is 1. The van der Waals surface area contributed by atoms with Crippen LogP contribution in [-0.4, -0.2) is 57.0 Å². The Labute approximate surface area is 262 Å². The topological polar surface area (TPSA) is 105 Å². The van der Waals surface area contributed by atoms with E-state index in [2.05, 4.69) is 5.32 Å². The summed E-state index contributed by atoms with van der Waals surface area (Å²) < 4.78 is 40.4. The maximum absolute atomic E-state index is 14.3. The van der Waals surface area contributed by atoms with Crippen LogP contribution in [-0.2, 0) is 26.2 Å². The van der Waals surface area contributed by atoms with Crippen molar-refractivity contribution >= 4 is 50.7 Å². The van der Waals surface area contributed by atoms with Crippen LogP contribution in [0.4, 0.5) is 5.69 Å². The third-order valence-corrected chi connectivity index (χ3v) is 9.54. The smallest absolute Gasteiger partial charge is 0.264 e. The highest BCUT2D eigenvalue weighted by molar-refractivity contribution is 7.92. The Morgan fingerprint density at radius 3 is 2.28 bits per heavy atom.